The van der Waals surface area contributed by atoms with Gasteiger partial charge in [-0.3, -0.25) is 9.59 Å². The fraction of sp³-hybridized carbons (Fsp3) is 0.450. The lowest BCUT2D eigenvalue weighted by molar-refractivity contribution is -0.141. The molecule has 0 bridgehead atoms. The fourth-order valence-electron chi connectivity index (χ4n) is 3.59. The summed E-state index contributed by atoms with van der Waals surface area (Å²) in [5, 5.41) is 4.61. The molecule has 1 saturated heterocycles. The van der Waals surface area contributed by atoms with Gasteiger partial charge in [-0.1, -0.05) is 12.1 Å². The number of hydrogen-bond acceptors (Lipinski definition) is 7. The van der Waals surface area contributed by atoms with Gasteiger partial charge >= 0.3 is 0 Å². The van der Waals surface area contributed by atoms with Gasteiger partial charge in [-0.2, -0.15) is 4.31 Å². The van der Waals surface area contributed by atoms with E-state index in [2.05, 4.69) is 10.3 Å². The second-order valence-electron chi connectivity index (χ2n) is 7.56. The first kappa shape index (κ1) is 21.7. The molecule has 1 aromatic heterocycles. The molecule has 2 amide bonds. The average Bonchev–Trinajstić information content (AvgIpc) is 3.51. The third-order valence-electron chi connectivity index (χ3n) is 5.46. The summed E-state index contributed by atoms with van der Waals surface area (Å²) >= 11 is 1.29. The van der Waals surface area contributed by atoms with Crippen LogP contribution in [0.2, 0.25) is 0 Å². The molecule has 166 valence electrons. The van der Waals surface area contributed by atoms with Crippen LogP contribution >= 0.6 is 11.3 Å². The monoisotopic (exact) mass is 464 g/mol. The minimum atomic E-state index is -3.44. The second-order valence-corrected chi connectivity index (χ2v) is 10.7. The van der Waals surface area contributed by atoms with E-state index in [1.54, 1.807) is 30.8 Å². The van der Waals surface area contributed by atoms with Crippen molar-refractivity contribution in [3.8, 4) is 5.75 Å². The van der Waals surface area contributed by atoms with Crippen molar-refractivity contribution in [3.63, 3.8) is 0 Å². The Hall–Kier alpha value is -2.50. The van der Waals surface area contributed by atoms with Gasteiger partial charge in [0.25, 0.3) is 0 Å². The highest BCUT2D eigenvalue weighted by atomic mass is 32.2. The van der Waals surface area contributed by atoms with Crippen LogP contribution in [0.3, 0.4) is 0 Å². The van der Waals surface area contributed by atoms with Gasteiger partial charge in [0, 0.05) is 31.1 Å². The molecule has 1 unspecified atom stereocenters. The van der Waals surface area contributed by atoms with Crippen molar-refractivity contribution >= 4 is 38.3 Å². The number of carbonyl (C=O) groups excluding carboxylic acids is 2. The van der Waals surface area contributed by atoms with E-state index in [4.69, 9.17) is 4.74 Å². The molecule has 1 N–H and O–H groups in total. The molecule has 2 aliphatic rings. The van der Waals surface area contributed by atoms with Gasteiger partial charge in [0.2, 0.25) is 21.8 Å². The zero-order valence-corrected chi connectivity index (χ0v) is 18.7. The van der Waals surface area contributed by atoms with Gasteiger partial charge in [-0.05, 0) is 30.5 Å². The van der Waals surface area contributed by atoms with E-state index in [1.807, 2.05) is 12.1 Å². The van der Waals surface area contributed by atoms with E-state index in [9.17, 15) is 18.0 Å². The van der Waals surface area contributed by atoms with E-state index in [-0.39, 0.29) is 36.7 Å². The van der Waals surface area contributed by atoms with E-state index in [1.165, 1.54) is 20.5 Å². The van der Waals surface area contributed by atoms with Gasteiger partial charge < -0.3 is 15.0 Å². The van der Waals surface area contributed by atoms with Crippen LogP contribution in [0.15, 0.2) is 35.8 Å². The molecule has 31 heavy (non-hydrogen) atoms. The second kappa shape index (κ2) is 8.93. The highest BCUT2D eigenvalue weighted by Gasteiger charge is 2.44. The molecule has 11 heteroatoms. The molecule has 2 fully saturated rings. The number of ether oxygens (including phenoxy) is 1. The van der Waals surface area contributed by atoms with Gasteiger partial charge in [0.05, 0.1) is 18.9 Å². The smallest absolute Gasteiger partial charge is 0.249 e. The SMILES string of the molecule is COc1ccc(CC(C(=O)Nc2nccs2)N2CCN(S(=O)(=O)C3CC3)CC2=O)cc1. The quantitative estimate of drug-likeness (QED) is 0.632. The maximum atomic E-state index is 13.1. The van der Waals surface area contributed by atoms with Crippen LogP contribution in [-0.4, -0.2) is 72.5 Å². The van der Waals surface area contributed by atoms with Crippen molar-refractivity contribution in [3.05, 3.63) is 41.4 Å². The predicted octanol–water partition coefficient (Wildman–Crippen LogP) is 1.34. The molecule has 2 aromatic rings. The number of nitrogens with one attached hydrogen (secondary N) is 1. The molecular weight excluding hydrogens is 440 g/mol. The molecule has 4 rings (SSSR count). The molecule has 9 nitrogen and oxygen atoms in total. The first-order valence-corrected chi connectivity index (χ1v) is 12.4. The zero-order chi connectivity index (χ0) is 22.0. The maximum absolute atomic E-state index is 13.1. The zero-order valence-electron chi connectivity index (χ0n) is 17.1. The number of amides is 2. The topological polar surface area (TPSA) is 109 Å². The van der Waals surface area contributed by atoms with Crippen molar-refractivity contribution in [1.29, 1.82) is 0 Å². The number of hydrogen-bond donors (Lipinski definition) is 1. The number of piperazine rings is 1. The lowest BCUT2D eigenvalue weighted by atomic mass is 10.0. The standard InChI is InChI=1S/C20H24N4O5S2/c1-29-15-4-2-14(3-5-15)12-17(19(26)22-20-21-8-11-30-20)24-10-9-23(13-18(24)25)31(27,28)16-6-7-16/h2-5,8,11,16-17H,6-7,9-10,12-13H2,1H3,(H,21,22,26). The highest BCUT2D eigenvalue weighted by molar-refractivity contribution is 7.90. The number of thiazole rings is 1. The number of anilines is 1. The molecule has 1 aliphatic carbocycles. The Bertz CT molecular complexity index is 1040. The third-order valence-corrected chi connectivity index (χ3v) is 8.49. The van der Waals surface area contributed by atoms with Crippen LogP contribution in [0.1, 0.15) is 18.4 Å². The summed E-state index contributed by atoms with van der Waals surface area (Å²) in [5.41, 5.74) is 0.862. The Morgan fingerprint density at radius 2 is 2.03 bits per heavy atom. The lowest BCUT2D eigenvalue weighted by Gasteiger charge is -2.38. The molecule has 0 spiro atoms. The number of methoxy groups -OCH3 is 1. The third kappa shape index (κ3) is 4.89. The Labute approximate surface area is 185 Å². The summed E-state index contributed by atoms with van der Waals surface area (Å²) in [4.78, 5) is 31.6. The first-order chi connectivity index (χ1) is 14.9. The number of nitrogens with zero attached hydrogens (tertiary/aromatic N) is 3. The molecule has 1 aromatic carbocycles. The van der Waals surface area contributed by atoms with Gasteiger partial charge in [-0.25, -0.2) is 13.4 Å². The minimum absolute atomic E-state index is 0.164. The molecule has 1 saturated carbocycles. The first-order valence-electron chi connectivity index (χ1n) is 10.00. The highest BCUT2D eigenvalue weighted by Crippen LogP contribution is 2.32. The normalized spacial score (nSPS) is 18.6. The van der Waals surface area contributed by atoms with Crippen molar-refractivity contribution in [2.75, 3.05) is 32.1 Å². The molecule has 1 aliphatic heterocycles. The van der Waals surface area contributed by atoms with Crippen LogP contribution in [0.5, 0.6) is 5.75 Å². The van der Waals surface area contributed by atoms with Gasteiger partial charge in [-0.15, -0.1) is 11.3 Å². The van der Waals surface area contributed by atoms with Gasteiger partial charge in [0.1, 0.15) is 11.8 Å². The van der Waals surface area contributed by atoms with Crippen molar-refractivity contribution in [1.82, 2.24) is 14.2 Å². The van der Waals surface area contributed by atoms with Crippen molar-refractivity contribution < 1.29 is 22.7 Å². The number of sulfonamides is 1. The van der Waals surface area contributed by atoms with Gasteiger partial charge in [0.15, 0.2) is 5.13 Å². The summed E-state index contributed by atoms with van der Waals surface area (Å²) in [6, 6.07) is 6.51. The molecule has 2 heterocycles. The average molecular weight is 465 g/mol. The predicted molar refractivity (Wildman–Crippen MR) is 116 cm³/mol. The molecular formula is C20H24N4O5S2. The summed E-state index contributed by atoms with van der Waals surface area (Å²) in [6.07, 6.45) is 3.17. The Morgan fingerprint density at radius 3 is 2.61 bits per heavy atom. The van der Waals surface area contributed by atoms with Crippen molar-refractivity contribution in [2.45, 2.75) is 30.6 Å². The van der Waals surface area contributed by atoms with Crippen LogP contribution in [0, 0.1) is 0 Å². The summed E-state index contributed by atoms with van der Waals surface area (Å²) in [6.45, 7) is 0.119. The summed E-state index contributed by atoms with van der Waals surface area (Å²) in [7, 11) is -1.86. The summed E-state index contributed by atoms with van der Waals surface area (Å²) in [5.74, 6) is -0.0246. The Balaban J connectivity index is 1.52. The molecule has 0 radical (unpaired) electrons. The largest absolute Gasteiger partial charge is 0.497 e. The number of aromatic nitrogens is 1. The number of rotatable bonds is 8. The van der Waals surface area contributed by atoms with E-state index in [0.29, 0.717) is 30.1 Å². The summed E-state index contributed by atoms with van der Waals surface area (Å²) < 4.78 is 31.5. The number of carbonyl (C=O) groups is 2. The fourth-order valence-corrected chi connectivity index (χ4v) is 5.90. The van der Waals surface area contributed by atoms with E-state index in [0.717, 1.165) is 5.56 Å². The minimum Gasteiger partial charge on any atom is -0.497 e. The van der Waals surface area contributed by atoms with Crippen LogP contribution in [-0.2, 0) is 26.0 Å². The maximum Gasteiger partial charge on any atom is 0.249 e. The number of benzene rings is 1. The van der Waals surface area contributed by atoms with Crippen molar-refractivity contribution in [2.24, 2.45) is 0 Å². The lowest BCUT2D eigenvalue weighted by Crippen LogP contribution is -2.58. The van der Waals surface area contributed by atoms with Crippen LogP contribution in [0.4, 0.5) is 5.13 Å². The Kier molecular flexibility index (Phi) is 6.26. The van der Waals surface area contributed by atoms with Crippen LogP contribution in [0.25, 0.3) is 0 Å². The molecule has 1 atom stereocenters. The van der Waals surface area contributed by atoms with Crippen LogP contribution < -0.4 is 10.1 Å². The Morgan fingerprint density at radius 1 is 1.29 bits per heavy atom. The van der Waals surface area contributed by atoms with E-state index < -0.39 is 16.1 Å². The van der Waals surface area contributed by atoms with E-state index >= 15 is 0 Å².